The van der Waals surface area contributed by atoms with Crippen LogP contribution in [0, 0.1) is 6.92 Å². The Morgan fingerprint density at radius 2 is 1.43 bits per heavy atom. The van der Waals surface area contributed by atoms with Gasteiger partial charge < -0.3 is 15.7 Å². The third kappa shape index (κ3) is 3.58. The molecule has 0 fully saturated rings. The first-order valence-electron chi connectivity index (χ1n) is 7.15. The number of anilines is 4. The Morgan fingerprint density at radius 3 is 2.09 bits per heavy atom. The highest BCUT2D eigenvalue weighted by Crippen LogP contribution is 2.37. The molecule has 0 aliphatic carbocycles. The van der Waals surface area contributed by atoms with Crippen molar-refractivity contribution in [3.8, 4) is 5.75 Å². The van der Waals surface area contributed by atoms with Crippen LogP contribution < -0.4 is 10.6 Å². The minimum atomic E-state index is 0. The minimum absolute atomic E-state index is 0. The van der Waals surface area contributed by atoms with E-state index in [1.807, 2.05) is 48.5 Å². The average molecular weight is 327 g/mol. The van der Waals surface area contributed by atoms with Gasteiger partial charge in [0.1, 0.15) is 5.75 Å². The summed E-state index contributed by atoms with van der Waals surface area (Å²) >= 11 is 0. The number of hydrogen-bond donors (Lipinski definition) is 2. The van der Waals surface area contributed by atoms with Gasteiger partial charge in [0, 0.05) is 23.1 Å². The van der Waals surface area contributed by atoms with Gasteiger partial charge in [0.15, 0.2) is 0 Å². The van der Waals surface area contributed by atoms with Gasteiger partial charge in [-0.25, -0.2) is 0 Å². The third-order valence-corrected chi connectivity index (χ3v) is 3.55. The molecule has 3 rings (SSSR count). The molecule has 0 atom stereocenters. The molecular formula is C19H19ClN2O. The molecule has 0 saturated carbocycles. The van der Waals surface area contributed by atoms with Crippen LogP contribution in [0.2, 0.25) is 0 Å². The fourth-order valence-electron chi connectivity index (χ4n) is 2.46. The summed E-state index contributed by atoms with van der Waals surface area (Å²) in [4.78, 5) is 2.09. The number of rotatable bonds is 3. The summed E-state index contributed by atoms with van der Waals surface area (Å²) in [5.41, 5.74) is 10.2. The molecule has 4 heteroatoms. The van der Waals surface area contributed by atoms with Gasteiger partial charge in [-0.1, -0.05) is 30.3 Å². The zero-order valence-electron chi connectivity index (χ0n) is 12.8. The molecule has 0 heterocycles. The van der Waals surface area contributed by atoms with Crippen LogP contribution in [0.4, 0.5) is 22.7 Å². The minimum Gasteiger partial charge on any atom is -0.506 e. The molecule has 0 unspecified atom stereocenters. The lowest BCUT2D eigenvalue weighted by molar-refractivity contribution is 0.478. The molecule has 0 aliphatic rings. The molecule has 118 valence electrons. The Labute approximate surface area is 142 Å². The SMILES string of the molecule is Cc1cccc(N(c2ccccc2)c2ccc(N)c(O)c2)c1.Cl. The number of nitrogens with two attached hydrogens (primary N) is 1. The molecule has 3 aromatic rings. The van der Waals surface area contributed by atoms with Crippen LogP contribution >= 0.6 is 12.4 Å². The molecule has 0 bridgehead atoms. The van der Waals surface area contributed by atoms with E-state index >= 15 is 0 Å². The number of nitrogen functional groups attached to an aromatic ring is 1. The zero-order chi connectivity index (χ0) is 15.5. The zero-order valence-corrected chi connectivity index (χ0v) is 13.6. The Bertz CT molecular complexity index is 790. The number of phenols is 1. The maximum absolute atomic E-state index is 9.95. The molecule has 23 heavy (non-hydrogen) atoms. The van der Waals surface area contributed by atoms with Gasteiger partial charge in [0.2, 0.25) is 0 Å². The predicted molar refractivity (Wildman–Crippen MR) is 99.2 cm³/mol. The first-order valence-corrected chi connectivity index (χ1v) is 7.15. The maximum atomic E-state index is 9.95. The van der Waals surface area contributed by atoms with Gasteiger partial charge in [-0.05, 0) is 48.9 Å². The van der Waals surface area contributed by atoms with Gasteiger partial charge in [0.05, 0.1) is 5.69 Å². The number of aryl methyl sites for hydroxylation is 1. The van der Waals surface area contributed by atoms with Gasteiger partial charge in [0.25, 0.3) is 0 Å². The lowest BCUT2D eigenvalue weighted by atomic mass is 10.1. The lowest BCUT2D eigenvalue weighted by Crippen LogP contribution is -2.10. The van der Waals surface area contributed by atoms with E-state index in [2.05, 4.69) is 24.0 Å². The largest absolute Gasteiger partial charge is 0.506 e. The second-order valence-electron chi connectivity index (χ2n) is 5.25. The molecule has 0 aliphatic heterocycles. The van der Waals surface area contributed by atoms with Crippen molar-refractivity contribution in [2.24, 2.45) is 0 Å². The van der Waals surface area contributed by atoms with Crippen LogP contribution in [0.1, 0.15) is 5.56 Å². The molecule has 3 nitrogen and oxygen atoms in total. The predicted octanol–water partition coefficient (Wildman–Crippen LogP) is 5.17. The van der Waals surface area contributed by atoms with E-state index in [1.165, 1.54) is 5.56 Å². The Hall–Kier alpha value is -2.65. The number of benzene rings is 3. The molecule has 0 amide bonds. The van der Waals surface area contributed by atoms with E-state index in [4.69, 9.17) is 5.73 Å². The summed E-state index contributed by atoms with van der Waals surface area (Å²) in [6.07, 6.45) is 0. The van der Waals surface area contributed by atoms with E-state index in [9.17, 15) is 5.11 Å². The molecule has 0 aromatic heterocycles. The number of phenolic OH excluding ortho intramolecular Hbond substituents is 1. The normalized spacial score (nSPS) is 9.96. The van der Waals surface area contributed by atoms with Crippen LogP contribution in [-0.2, 0) is 0 Å². The topological polar surface area (TPSA) is 49.5 Å². The summed E-state index contributed by atoms with van der Waals surface area (Å²) in [6, 6.07) is 23.6. The summed E-state index contributed by atoms with van der Waals surface area (Å²) in [5, 5.41) is 9.95. The van der Waals surface area contributed by atoms with E-state index < -0.39 is 0 Å². The van der Waals surface area contributed by atoms with Crippen LogP contribution in [0.5, 0.6) is 5.75 Å². The highest BCUT2D eigenvalue weighted by Gasteiger charge is 2.13. The van der Waals surface area contributed by atoms with Crippen molar-refractivity contribution in [1.82, 2.24) is 0 Å². The van der Waals surface area contributed by atoms with Crippen molar-refractivity contribution >= 4 is 35.2 Å². The van der Waals surface area contributed by atoms with Crippen molar-refractivity contribution in [3.05, 3.63) is 78.4 Å². The lowest BCUT2D eigenvalue weighted by Gasteiger charge is -2.26. The Morgan fingerprint density at radius 1 is 0.783 bits per heavy atom. The van der Waals surface area contributed by atoms with E-state index in [1.54, 1.807) is 12.1 Å². The standard InChI is InChI=1S/C19H18N2O.ClH/c1-14-6-5-9-16(12-14)21(15-7-3-2-4-8-15)17-10-11-18(20)19(22)13-17;/h2-13,22H,20H2,1H3;1H. The summed E-state index contributed by atoms with van der Waals surface area (Å²) in [7, 11) is 0. The van der Waals surface area contributed by atoms with Crippen molar-refractivity contribution in [2.75, 3.05) is 10.6 Å². The Balaban J connectivity index is 0.00000192. The van der Waals surface area contributed by atoms with Crippen molar-refractivity contribution < 1.29 is 5.11 Å². The van der Waals surface area contributed by atoms with Gasteiger partial charge in [-0.15, -0.1) is 12.4 Å². The second-order valence-corrected chi connectivity index (χ2v) is 5.25. The molecule has 3 N–H and O–H groups in total. The van der Waals surface area contributed by atoms with Crippen LogP contribution in [0.25, 0.3) is 0 Å². The number of aromatic hydroxyl groups is 1. The molecule has 3 aromatic carbocycles. The summed E-state index contributed by atoms with van der Waals surface area (Å²) < 4.78 is 0. The second kappa shape index (κ2) is 7.07. The van der Waals surface area contributed by atoms with Gasteiger partial charge in [-0.2, -0.15) is 0 Å². The van der Waals surface area contributed by atoms with Crippen molar-refractivity contribution in [3.63, 3.8) is 0 Å². The molecule has 0 saturated heterocycles. The quantitative estimate of drug-likeness (QED) is 0.515. The highest BCUT2D eigenvalue weighted by atomic mass is 35.5. The first-order chi connectivity index (χ1) is 10.6. The van der Waals surface area contributed by atoms with Crippen molar-refractivity contribution in [2.45, 2.75) is 6.92 Å². The Kier molecular flexibility index (Phi) is 5.14. The number of para-hydroxylation sites is 1. The molecular weight excluding hydrogens is 308 g/mol. The first kappa shape index (κ1) is 16.7. The van der Waals surface area contributed by atoms with Gasteiger partial charge in [-0.3, -0.25) is 0 Å². The van der Waals surface area contributed by atoms with Gasteiger partial charge >= 0.3 is 0 Å². The van der Waals surface area contributed by atoms with Crippen LogP contribution in [-0.4, -0.2) is 5.11 Å². The summed E-state index contributed by atoms with van der Waals surface area (Å²) in [6.45, 7) is 2.06. The number of halogens is 1. The number of nitrogens with zero attached hydrogens (tertiary/aromatic N) is 1. The maximum Gasteiger partial charge on any atom is 0.140 e. The average Bonchev–Trinajstić information content (AvgIpc) is 2.52. The number of hydrogen-bond acceptors (Lipinski definition) is 3. The molecule has 0 spiro atoms. The van der Waals surface area contributed by atoms with Crippen LogP contribution in [0.15, 0.2) is 72.8 Å². The van der Waals surface area contributed by atoms with E-state index in [-0.39, 0.29) is 18.2 Å². The van der Waals surface area contributed by atoms with Crippen molar-refractivity contribution in [1.29, 1.82) is 0 Å². The van der Waals surface area contributed by atoms with E-state index in [0.29, 0.717) is 5.69 Å². The summed E-state index contributed by atoms with van der Waals surface area (Å²) in [5.74, 6) is 0.0890. The monoisotopic (exact) mass is 326 g/mol. The third-order valence-electron chi connectivity index (χ3n) is 3.55. The smallest absolute Gasteiger partial charge is 0.140 e. The highest BCUT2D eigenvalue weighted by molar-refractivity contribution is 5.85. The molecule has 0 radical (unpaired) electrons. The van der Waals surface area contributed by atoms with Crippen LogP contribution in [0.3, 0.4) is 0 Å². The van der Waals surface area contributed by atoms with E-state index in [0.717, 1.165) is 17.1 Å². The fraction of sp³-hybridized carbons (Fsp3) is 0.0526. The fourth-order valence-corrected chi connectivity index (χ4v) is 2.46.